The molecule has 1 rings (SSSR count). The second-order valence-electron chi connectivity index (χ2n) is 4.17. The van der Waals surface area contributed by atoms with Gasteiger partial charge in [0.2, 0.25) is 0 Å². The molecule has 1 aromatic rings. The molecule has 0 saturated carbocycles. The SMILES string of the molecule is Cc1cc(S(C)(=O)=O)cc(C(C)C)c1N. The molecule has 0 heterocycles. The molecule has 0 amide bonds. The van der Waals surface area contributed by atoms with E-state index in [2.05, 4.69) is 0 Å². The van der Waals surface area contributed by atoms with Crippen LogP contribution in [0.1, 0.15) is 30.9 Å². The monoisotopic (exact) mass is 227 g/mol. The van der Waals surface area contributed by atoms with Crippen LogP contribution in [0.3, 0.4) is 0 Å². The van der Waals surface area contributed by atoms with Crippen LogP contribution < -0.4 is 5.73 Å². The van der Waals surface area contributed by atoms with Crippen LogP contribution in [0.2, 0.25) is 0 Å². The maximum atomic E-state index is 11.4. The van der Waals surface area contributed by atoms with Gasteiger partial charge in [-0.25, -0.2) is 8.42 Å². The lowest BCUT2D eigenvalue weighted by molar-refractivity contribution is 0.601. The zero-order valence-corrected chi connectivity index (χ0v) is 10.4. The van der Waals surface area contributed by atoms with Gasteiger partial charge in [-0.2, -0.15) is 0 Å². The zero-order valence-electron chi connectivity index (χ0n) is 9.53. The molecule has 0 atom stereocenters. The second kappa shape index (κ2) is 3.85. The summed E-state index contributed by atoms with van der Waals surface area (Å²) in [6, 6.07) is 3.29. The molecule has 0 bridgehead atoms. The molecule has 0 aliphatic heterocycles. The lowest BCUT2D eigenvalue weighted by Crippen LogP contribution is -2.04. The number of benzene rings is 1. The Morgan fingerprint density at radius 3 is 2.20 bits per heavy atom. The van der Waals surface area contributed by atoms with Gasteiger partial charge in [0.1, 0.15) is 0 Å². The van der Waals surface area contributed by atoms with Crippen molar-refractivity contribution < 1.29 is 8.42 Å². The van der Waals surface area contributed by atoms with Crippen molar-refractivity contribution in [1.82, 2.24) is 0 Å². The lowest BCUT2D eigenvalue weighted by atomic mass is 9.99. The molecule has 0 aliphatic carbocycles. The molecule has 4 heteroatoms. The second-order valence-corrected chi connectivity index (χ2v) is 6.19. The van der Waals surface area contributed by atoms with Gasteiger partial charge in [-0.15, -0.1) is 0 Å². The van der Waals surface area contributed by atoms with Gasteiger partial charge in [-0.3, -0.25) is 0 Å². The van der Waals surface area contributed by atoms with E-state index in [0.29, 0.717) is 10.6 Å². The van der Waals surface area contributed by atoms with E-state index in [0.717, 1.165) is 11.1 Å². The maximum Gasteiger partial charge on any atom is 0.175 e. The fourth-order valence-corrected chi connectivity index (χ4v) is 2.22. The number of nitrogens with two attached hydrogens (primary N) is 1. The van der Waals surface area contributed by atoms with E-state index in [9.17, 15) is 8.42 Å². The lowest BCUT2D eigenvalue weighted by Gasteiger charge is -2.13. The summed E-state index contributed by atoms with van der Waals surface area (Å²) in [5.41, 5.74) is 8.31. The van der Waals surface area contributed by atoms with E-state index in [1.165, 1.54) is 6.26 Å². The number of rotatable bonds is 2. The summed E-state index contributed by atoms with van der Waals surface area (Å²) in [5.74, 6) is 0.227. The van der Waals surface area contributed by atoms with Gasteiger partial charge in [0.05, 0.1) is 4.90 Å². The number of sulfone groups is 1. The fourth-order valence-electron chi connectivity index (χ4n) is 1.48. The van der Waals surface area contributed by atoms with Gasteiger partial charge >= 0.3 is 0 Å². The van der Waals surface area contributed by atoms with Gasteiger partial charge in [0, 0.05) is 11.9 Å². The molecule has 0 spiro atoms. The third-order valence-corrected chi connectivity index (χ3v) is 3.53. The van der Waals surface area contributed by atoms with Crippen molar-refractivity contribution in [2.24, 2.45) is 0 Å². The van der Waals surface area contributed by atoms with Gasteiger partial charge in [-0.1, -0.05) is 13.8 Å². The van der Waals surface area contributed by atoms with Gasteiger partial charge in [-0.05, 0) is 36.1 Å². The molecule has 0 fully saturated rings. The van der Waals surface area contributed by atoms with E-state index in [1.807, 2.05) is 20.8 Å². The van der Waals surface area contributed by atoms with E-state index in [1.54, 1.807) is 12.1 Å². The molecular formula is C11H17NO2S. The van der Waals surface area contributed by atoms with Crippen LogP contribution in [0.25, 0.3) is 0 Å². The summed E-state index contributed by atoms with van der Waals surface area (Å²) >= 11 is 0. The standard InChI is InChI=1S/C11H17NO2S/c1-7(2)10-6-9(15(4,13)14)5-8(3)11(10)12/h5-7H,12H2,1-4H3. The van der Waals surface area contributed by atoms with Crippen molar-refractivity contribution in [3.63, 3.8) is 0 Å². The molecular weight excluding hydrogens is 210 g/mol. The first-order chi connectivity index (χ1) is 6.73. The normalized spacial score (nSPS) is 12.1. The van der Waals surface area contributed by atoms with Gasteiger partial charge in [0.25, 0.3) is 0 Å². The Hall–Kier alpha value is -1.03. The first-order valence-corrected chi connectivity index (χ1v) is 6.72. The highest BCUT2D eigenvalue weighted by molar-refractivity contribution is 7.90. The van der Waals surface area contributed by atoms with Crippen LogP contribution in [0.4, 0.5) is 5.69 Å². The minimum atomic E-state index is -3.15. The molecule has 0 aliphatic rings. The average molecular weight is 227 g/mol. The maximum absolute atomic E-state index is 11.4. The number of anilines is 1. The summed E-state index contributed by atoms with van der Waals surface area (Å²) < 4.78 is 22.9. The molecule has 0 saturated heterocycles. The molecule has 84 valence electrons. The average Bonchev–Trinajstić information content (AvgIpc) is 2.06. The highest BCUT2D eigenvalue weighted by atomic mass is 32.2. The quantitative estimate of drug-likeness (QED) is 0.787. The molecule has 3 nitrogen and oxygen atoms in total. The van der Waals surface area contributed by atoms with Gasteiger partial charge < -0.3 is 5.73 Å². The van der Waals surface area contributed by atoms with E-state index in [4.69, 9.17) is 5.73 Å². The van der Waals surface area contributed by atoms with Crippen molar-refractivity contribution >= 4 is 15.5 Å². The van der Waals surface area contributed by atoms with E-state index >= 15 is 0 Å². The van der Waals surface area contributed by atoms with Crippen LogP contribution >= 0.6 is 0 Å². The van der Waals surface area contributed by atoms with Crippen LogP contribution in [0.15, 0.2) is 17.0 Å². The summed E-state index contributed by atoms with van der Waals surface area (Å²) in [4.78, 5) is 0.345. The van der Waals surface area contributed by atoms with Crippen molar-refractivity contribution in [2.45, 2.75) is 31.6 Å². The third kappa shape index (κ3) is 2.50. The Labute approximate surface area is 91.2 Å². The minimum absolute atomic E-state index is 0.227. The smallest absolute Gasteiger partial charge is 0.175 e. The van der Waals surface area contributed by atoms with Crippen LogP contribution in [0.5, 0.6) is 0 Å². The predicted octanol–water partition coefficient (Wildman–Crippen LogP) is 2.10. The topological polar surface area (TPSA) is 60.2 Å². The first kappa shape index (κ1) is 12.0. The Bertz CT molecular complexity index is 476. The first-order valence-electron chi connectivity index (χ1n) is 4.83. The molecule has 2 N–H and O–H groups in total. The molecule has 15 heavy (non-hydrogen) atoms. The summed E-state index contributed by atoms with van der Waals surface area (Å²) in [6.45, 7) is 5.82. The summed E-state index contributed by atoms with van der Waals surface area (Å²) in [5, 5.41) is 0. The Balaban J connectivity index is 3.50. The molecule has 0 aromatic heterocycles. The van der Waals surface area contributed by atoms with Crippen LogP contribution in [0, 0.1) is 6.92 Å². The number of nitrogen functional groups attached to an aromatic ring is 1. The van der Waals surface area contributed by atoms with Crippen molar-refractivity contribution in [3.8, 4) is 0 Å². The Morgan fingerprint density at radius 1 is 1.27 bits per heavy atom. The van der Waals surface area contributed by atoms with Crippen molar-refractivity contribution in [2.75, 3.05) is 12.0 Å². The van der Waals surface area contributed by atoms with Crippen molar-refractivity contribution in [3.05, 3.63) is 23.3 Å². The number of aryl methyl sites for hydroxylation is 1. The molecule has 0 unspecified atom stereocenters. The number of hydrogen-bond donors (Lipinski definition) is 1. The van der Waals surface area contributed by atoms with Gasteiger partial charge in [0.15, 0.2) is 9.84 Å². The Morgan fingerprint density at radius 2 is 1.80 bits per heavy atom. The van der Waals surface area contributed by atoms with Crippen LogP contribution in [-0.4, -0.2) is 14.7 Å². The summed E-state index contributed by atoms with van der Waals surface area (Å²) in [7, 11) is -3.15. The van der Waals surface area contributed by atoms with E-state index in [-0.39, 0.29) is 5.92 Å². The predicted molar refractivity (Wildman–Crippen MR) is 62.8 cm³/mol. The highest BCUT2D eigenvalue weighted by Gasteiger charge is 2.14. The highest BCUT2D eigenvalue weighted by Crippen LogP contribution is 2.28. The third-order valence-electron chi connectivity index (χ3n) is 2.44. The Kier molecular flexibility index (Phi) is 3.09. The minimum Gasteiger partial charge on any atom is -0.398 e. The fraction of sp³-hybridized carbons (Fsp3) is 0.455. The number of hydrogen-bond acceptors (Lipinski definition) is 3. The van der Waals surface area contributed by atoms with Crippen molar-refractivity contribution in [1.29, 1.82) is 0 Å². The zero-order chi connectivity index (χ0) is 11.8. The van der Waals surface area contributed by atoms with E-state index < -0.39 is 9.84 Å². The largest absolute Gasteiger partial charge is 0.398 e. The summed E-state index contributed by atoms with van der Waals surface area (Å²) in [6.07, 6.45) is 1.21. The molecule has 1 aromatic carbocycles. The van der Waals surface area contributed by atoms with Crippen LogP contribution in [-0.2, 0) is 9.84 Å². The molecule has 0 radical (unpaired) electrons.